The Bertz CT molecular complexity index is 2230. The quantitative estimate of drug-likeness (QED) is 0.0653. The molecule has 11 nitrogen and oxygen atoms in total. The smallest absolute Gasteiger partial charge is 0.416 e. The first kappa shape index (κ1) is 40.2. The van der Waals surface area contributed by atoms with Crippen molar-refractivity contribution < 1.29 is 37.4 Å². The van der Waals surface area contributed by atoms with E-state index in [2.05, 4.69) is 44.9 Å². The summed E-state index contributed by atoms with van der Waals surface area (Å²) in [5, 5.41) is 28.5. The highest BCUT2D eigenvalue weighted by molar-refractivity contribution is 6.34. The molecular formula is C40H38ClF3N6O5. The zero-order chi connectivity index (χ0) is 39.7. The summed E-state index contributed by atoms with van der Waals surface area (Å²) in [6.07, 6.45) is -3.80. The number of phenolic OH excluding ortho intramolecular Hbond substituents is 1. The molecule has 5 rings (SSSR count). The Morgan fingerprint density at radius 3 is 2.22 bits per heavy atom. The van der Waals surface area contributed by atoms with Gasteiger partial charge in [-0.05, 0) is 98.2 Å². The molecule has 5 aromatic rings. The fourth-order valence-corrected chi connectivity index (χ4v) is 5.87. The summed E-state index contributed by atoms with van der Waals surface area (Å²) in [5.74, 6) is -1.87. The summed E-state index contributed by atoms with van der Waals surface area (Å²) in [7, 11) is 1.40. The minimum Gasteiger partial charge on any atom is -0.505 e. The molecule has 286 valence electrons. The highest BCUT2D eigenvalue weighted by Gasteiger charge is 2.31. The van der Waals surface area contributed by atoms with Gasteiger partial charge in [0.25, 0.3) is 17.7 Å². The van der Waals surface area contributed by atoms with E-state index in [-0.39, 0.29) is 44.9 Å². The average molecular weight is 775 g/mol. The molecule has 5 aromatic carbocycles. The van der Waals surface area contributed by atoms with Crippen molar-refractivity contribution in [1.29, 1.82) is 0 Å². The van der Waals surface area contributed by atoms with Gasteiger partial charge in [-0.25, -0.2) is 0 Å². The Hall–Kier alpha value is -5.99. The monoisotopic (exact) mass is 774 g/mol. The number of rotatable bonds is 14. The summed E-state index contributed by atoms with van der Waals surface area (Å²) in [5.41, 5.74) is -0.211. The first-order valence-corrected chi connectivity index (χ1v) is 17.6. The van der Waals surface area contributed by atoms with Crippen LogP contribution in [0.15, 0.2) is 101 Å². The Kier molecular flexibility index (Phi) is 13.1. The van der Waals surface area contributed by atoms with Gasteiger partial charge in [0.05, 0.1) is 28.9 Å². The summed E-state index contributed by atoms with van der Waals surface area (Å²) in [6, 6.07) is 21.6. The normalized spacial score (nSPS) is 11.6. The number of amides is 3. The Morgan fingerprint density at radius 2 is 1.55 bits per heavy atom. The summed E-state index contributed by atoms with van der Waals surface area (Å²) in [4.78, 5) is 41.5. The van der Waals surface area contributed by atoms with Gasteiger partial charge in [-0.1, -0.05) is 49.7 Å². The molecule has 55 heavy (non-hydrogen) atoms. The second-order valence-corrected chi connectivity index (χ2v) is 12.7. The van der Waals surface area contributed by atoms with Gasteiger partial charge >= 0.3 is 6.18 Å². The van der Waals surface area contributed by atoms with Crippen LogP contribution in [0.1, 0.15) is 56.9 Å². The molecule has 0 saturated carbocycles. The third-order valence-corrected chi connectivity index (χ3v) is 9.03. The molecule has 0 saturated heterocycles. The van der Waals surface area contributed by atoms with Gasteiger partial charge in [0.1, 0.15) is 17.1 Å². The number of halogens is 4. The van der Waals surface area contributed by atoms with Crippen molar-refractivity contribution in [3.63, 3.8) is 0 Å². The molecule has 15 heteroatoms. The van der Waals surface area contributed by atoms with Crippen molar-refractivity contribution in [2.24, 2.45) is 10.2 Å². The van der Waals surface area contributed by atoms with Crippen molar-refractivity contribution in [3.8, 4) is 11.5 Å². The molecule has 0 spiro atoms. The molecule has 0 aromatic heterocycles. The SMILES string of the molecule is CCN(CC)CCCNC(=O)c1ccc(NC(=O)c2ccc(OC)c(N=Nc3c(O)c(C(=O)Nc4ccc(C(F)(F)F)cc4Cl)cc4ccccc34)c2)cc1. The number of hydrogen-bond acceptors (Lipinski definition) is 8. The van der Waals surface area contributed by atoms with E-state index in [0.717, 1.165) is 38.2 Å². The molecular weight excluding hydrogens is 737 g/mol. The Morgan fingerprint density at radius 1 is 0.836 bits per heavy atom. The van der Waals surface area contributed by atoms with E-state index in [9.17, 15) is 32.7 Å². The van der Waals surface area contributed by atoms with Crippen LogP contribution in [-0.4, -0.2) is 61.0 Å². The lowest BCUT2D eigenvalue weighted by atomic mass is 10.0. The number of azo groups is 1. The largest absolute Gasteiger partial charge is 0.505 e. The number of alkyl halides is 3. The topological polar surface area (TPSA) is 145 Å². The fourth-order valence-electron chi connectivity index (χ4n) is 5.64. The number of methoxy groups -OCH3 is 1. The first-order chi connectivity index (χ1) is 26.3. The highest BCUT2D eigenvalue weighted by Crippen LogP contribution is 2.41. The standard InChI is InChI=1S/C40H38ClF3N6O5/c1-4-50(5-2)20-8-19-45-37(52)24-11-15-28(16-12-24)46-38(53)26-13-18-34(55-3)33(22-26)48-49-35-29-10-7-6-9-25(29)21-30(36(35)51)39(54)47-32-17-14-27(23-31(32)41)40(42,43)44/h6-7,9-18,21-23,51H,4-5,8,19-20H2,1-3H3,(H,45,52)(H,46,53)(H,47,54). The molecule has 0 radical (unpaired) electrons. The number of anilines is 2. The van der Waals surface area contributed by atoms with Gasteiger partial charge in [-0.2, -0.15) is 13.2 Å². The number of carbonyl (C=O) groups excluding carboxylic acids is 3. The molecule has 0 heterocycles. The molecule has 0 aliphatic heterocycles. The first-order valence-electron chi connectivity index (χ1n) is 17.3. The van der Waals surface area contributed by atoms with Crippen molar-refractivity contribution in [2.75, 3.05) is 43.9 Å². The predicted octanol–water partition coefficient (Wildman–Crippen LogP) is 9.61. The summed E-state index contributed by atoms with van der Waals surface area (Å²) >= 11 is 6.04. The van der Waals surface area contributed by atoms with Crippen LogP contribution in [0, 0.1) is 0 Å². The van der Waals surface area contributed by atoms with Gasteiger partial charge in [0.2, 0.25) is 0 Å². The van der Waals surface area contributed by atoms with Gasteiger partial charge in [0.15, 0.2) is 5.75 Å². The molecule has 0 fully saturated rings. The minimum atomic E-state index is -4.63. The molecule has 3 amide bonds. The molecule has 4 N–H and O–H groups in total. The maximum absolute atomic E-state index is 13.3. The number of benzene rings is 5. The van der Waals surface area contributed by atoms with Crippen molar-refractivity contribution in [3.05, 3.63) is 118 Å². The van der Waals surface area contributed by atoms with E-state index in [1.165, 1.54) is 31.4 Å². The van der Waals surface area contributed by atoms with Crippen LogP contribution in [0.2, 0.25) is 5.02 Å². The van der Waals surface area contributed by atoms with Crippen molar-refractivity contribution >= 4 is 62.8 Å². The number of nitrogens with one attached hydrogen (secondary N) is 3. The van der Waals surface area contributed by atoms with E-state index < -0.39 is 29.3 Å². The van der Waals surface area contributed by atoms with Crippen LogP contribution < -0.4 is 20.7 Å². The molecule has 0 atom stereocenters. The molecule has 0 aliphatic rings. The lowest BCUT2D eigenvalue weighted by Crippen LogP contribution is -2.29. The second-order valence-electron chi connectivity index (χ2n) is 12.2. The van der Waals surface area contributed by atoms with Crippen LogP contribution in [0.3, 0.4) is 0 Å². The number of aromatic hydroxyl groups is 1. The number of fused-ring (bicyclic) bond motifs is 1. The third kappa shape index (κ3) is 9.96. The number of phenols is 1. The minimum absolute atomic E-state index is 0.0910. The zero-order valence-corrected chi connectivity index (χ0v) is 30.9. The second kappa shape index (κ2) is 17.9. The average Bonchev–Trinajstić information content (AvgIpc) is 3.17. The van der Waals surface area contributed by atoms with Crippen LogP contribution in [0.4, 0.5) is 35.9 Å². The molecule has 0 bridgehead atoms. The third-order valence-electron chi connectivity index (χ3n) is 8.72. The van der Waals surface area contributed by atoms with E-state index in [4.69, 9.17) is 16.3 Å². The van der Waals surface area contributed by atoms with Crippen LogP contribution in [0.5, 0.6) is 11.5 Å². The van der Waals surface area contributed by atoms with Gasteiger partial charge in [0, 0.05) is 28.7 Å². The number of hydrogen-bond donors (Lipinski definition) is 4. The van der Waals surface area contributed by atoms with Crippen molar-refractivity contribution in [1.82, 2.24) is 10.2 Å². The van der Waals surface area contributed by atoms with Crippen LogP contribution in [0.25, 0.3) is 10.8 Å². The predicted molar refractivity (Wildman–Crippen MR) is 206 cm³/mol. The van der Waals surface area contributed by atoms with E-state index in [1.807, 2.05) is 0 Å². The molecule has 0 aliphatic carbocycles. The summed E-state index contributed by atoms with van der Waals surface area (Å²) < 4.78 is 44.8. The lowest BCUT2D eigenvalue weighted by Gasteiger charge is -2.17. The van der Waals surface area contributed by atoms with E-state index in [0.29, 0.717) is 34.6 Å². The zero-order valence-electron chi connectivity index (χ0n) is 30.1. The van der Waals surface area contributed by atoms with Gasteiger partial charge < -0.3 is 30.7 Å². The maximum atomic E-state index is 13.3. The Labute approximate surface area is 320 Å². The number of carbonyl (C=O) groups is 3. The Balaban J connectivity index is 1.34. The van der Waals surface area contributed by atoms with E-state index >= 15 is 0 Å². The van der Waals surface area contributed by atoms with Gasteiger partial charge in [-0.15, -0.1) is 10.2 Å². The number of nitrogens with zero attached hydrogens (tertiary/aromatic N) is 3. The number of ether oxygens (including phenoxy) is 1. The van der Waals surface area contributed by atoms with Crippen molar-refractivity contribution in [2.45, 2.75) is 26.4 Å². The van der Waals surface area contributed by atoms with Crippen LogP contribution in [-0.2, 0) is 6.18 Å². The molecule has 0 unspecified atom stereocenters. The fraction of sp³-hybridized carbons (Fsp3) is 0.225. The maximum Gasteiger partial charge on any atom is 0.416 e. The van der Waals surface area contributed by atoms with E-state index in [1.54, 1.807) is 48.5 Å². The lowest BCUT2D eigenvalue weighted by molar-refractivity contribution is -0.137. The highest BCUT2D eigenvalue weighted by atomic mass is 35.5. The summed E-state index contributed by atoms with van der Waals surface area (Å²) in [6.45, 7) is 7.54. The van der Waals surface area contributed by atoms with Crippen LogP contribution >= 0.6 is 11.6 Å². The van der Waals surface area contributed by atoms with Gasteiger partial charge in [-0.3, -0.25) is 14.4 Å².